The van der Waals surface area contributed by atoms with Gasteiger partial charge in [0.2, 0.25) is 5.76 Å². The maximum absolute atomic E-state index is 12.8. The van der Waals surface area contributed by atoms with Crippen molar-refractivity contribution in [2.24, 2.45) is 0 Å². The van der Waals surface area contributed by atoms with Gasteiger partial charge in [0, 0.05) is 0 Å². The van der Waals surface area contributed by atoms with E-state index in [1.165, 1.54) is 25.3 Å². The van der Waals surface area contributed by atoms with Gasteiger partial charge in [0.25, 0.3) is 5.91 Å². The van der Waals surface area contributed by atoms with Crippen LogP contribution in [0.15, 0.2) is 70.8 Å². The minimum atomic E-state index is -0.665. The number of benzene rings is 2. The molecule has 0 spiro atoms. The summed E-state index contributed by atoms with van der Waals surface area (Å²) in [5.74, 6) is -1.05. The first-order valence-corrected chi connectivity index (χ1v) is 10.9. The van der Waals surface area contributed by atoms with Gasteiger partial charge in [-0.25, -0.2) is 14.4 Å². The first-order chi connectivity index (χ1) is 17.4. The Balaban J connectivity index is 1.51. The van der Waals surface area contributed by atoms with Crippen LogP contribution in [0.4, 0.5) is 4.79 Å². The predicted octanol–water partition coefficient (Wildman–Crippen LogP) is 3.78. The number of methoxy groups -OCH3 is 1. The summed E-state index contributed by atoms with van der Waals surface area (Å²) in [7, 11) is 1.22. The summed E-state index contributed by atoms with van der Waals surface area (Å²) in [6, 6.07) is 15.6. The van der Waals surface area contributed by atoms with Crippen molar-refractivity contribution < 1.29 is 37.8 Å². The number of urea groups is 1. The van der Waals surface area contributed by atoms with Crippen LogP contribution in [0.25, 0.3) is 6.08 Å². The van der Waals surface area contributed by atoms with Gasteiger partial charge in [-0.1, -0.05) is 24.3 Å². The number of hydrogen-bond donors (Lipinski definition) is 1. The van der Waals surface area contributed by atoms with Gasteiger partial charge >= 0.3 is 18.0 Å². The maximum atomic E-state index is 12.8. The van der Waals surface area contributed by atoms with Crippen LogP contribution in [-0.2, 0) is 16.1 Å². The van der Waals surface area contributed by atoms with Gasteiger partial charge in [-0.15, -0.1) is 0 Å². The highest BCUT2D eigenvalue weighted by atomic mass is 16.6. The van der Waals surface area contributed by atoms with Crippen LogP contribution in [0.3, 0.4) is 0 Å². The first-order valence-electron chi connectivity index (χ1n) is 10.9. The van der Waals surface area contributed by atoms with Crippen LogP contribution in [0.1, 0.15) is 39.2 Å². The average Bonchev–Trinajstić information content (AvgIpc) is 3.46. The third kappa shape index (κ3) is 5.27. The lowest BCUT2D eigenvalue weighted by Crippen LogP contribution is -2.30. The molecule has 1 aromatic heterocycles. The topological polar surface area (TPSA) is 124 Å². The Kier molecular flexibility index (Phi) is 7.15. The second-order valence-corrected chi connectivity index (χ2v) is 7.53. The van der Waals surface area contributed by atoms with Crippen LogP contribution in [0.2, 0.25) is 0 Å². The molecular weight excluding hydrogens is 468 g/mol. The number of ether oxygens (including phenoxy) is 3. The summed E-state index contributed by atoms with van der Waals surface area (Å²) in [6.07, 6.45) is 1.48. The van der Waals surface area contributed by atoms with Gasteiger partial charge in [-0.05, 0) is 55.0 Å². The fraction of sp³-hybridized carbons (Fsp3) is 0.154. The van der Waals surface area contributed by atoms with Crippen molar-refractivity contribution in [1.29, 1.82) is 0 Å². The van der Waals surface area contributed by atoms with E-state index in [4.69, 9.17) is 13.9 Å². The van der Waals surface area contributed by atoms with Gasteiger partial charge in [0.1, 0.15) is 11.5 Å². The van der Waals surface area contributed by atoms with E-state index < -0.39 is 23.9 Å². The normalized spacial score (nSPS) is 14.1. The molecule has 3 amide bonds. The Morgan fingerprint density at radius 2 is 1.78 bits per heavy atom. The summed E-state index contributed by atoms with van der Waals surface area (Å²) in [4.78, 5) is 50.2. The highest BCUT2D eigenvalue weighted by Gasteiger charge is 2.34. The van der Waals surface area contributed by atoms with Gasteiger partial charge < -0.3 is 23.9 Å². The Labute approximate surface area is 206 Å². The van der Waals surface area contributed by atoms with Crippen molar-refractivity contribution in [3.05, 3.63) is 89.0 Å². The highest BCUT2D eigenvalue weighted by Crippen LogP contribution is 2.30. The van der Waals surface area contributed by atoms with E-state index >= 15 is 0 Å². The van der Waals surface area contributed by atoms with Crippen LogP contribution in [0.5, 0.6) is 11.5 Å². The SMILES string of the molecule is CCOc1cc(C=C2NC(=O)N(Cc3ccc(C(=O)OC)o3)C2=O)ccc1OC(=O)c1ccccc1. The van der Waals surface area contributed by atoms with Gasteiger partial charge in [-0.2, -0.15) is 0 Å². The first kappa shape index (κ1) is 24.3. The quantitative estimate of drug-likeness (QED) is 0.219. The van der Waals surface area contributed by atoms with Crippen molar-refractivity contribution in [3.63, 3.8) is 0 Å². The molecule has 36 heavy (non-hydrogen) atoms. The Bertz CT molecular complexity index is 1340. The molecule has 10 heteroatoms. The second kappa shape index (κ2) is 10.6. The molecular formula is C26H22N2O8. The van der Waals surface area contributed by atoms with E-state index in [2.05, 4.69) is 10.1 Å². The lowest BCUT2D eigenvalue weighted by atomic mass is 10.1. The smallest absolute Gasteiger partial charge is 0.373 e. The van der Waals surface area contributed by atoms with Gasteiger partial charge in [0.05, 0.1) is 25.8 Å². The largest absolute Gasteiger partial charge is 0.490 e. The van der Waals surface area contributed by atoms with Crippen molar-refractivity contribution in [1.82, 2.24) is 10.2 Å². The van der Waals surface area contributed by atoms with E-state index in [0.717, 1.165) is 4.90 Å². The standard InChI is InChI=1S/C26H22N2O8/c1-3-34-22-14-16(9-11-20(22)36-24(30)17-7-5-4-6-8-17)13-19-23(29)28(26(32)27-19)15-18-10-12-21(35-18)25(31)33-2/h4-14H,3,15H2,1-2H3,(H,27,32). The van der Waals surface area contributed by atoms with Crippen molar-refractivity contribution in [2.75, 3.05) is 13.7 Å². The molecule has 0 bridgehead atoms. The number of esters is 2. The number of amides is 3. The predicted molar refractivity (Wildman–Crippen MR) is 126 cm³/mol. The molecule has 1 fully saturated rings. The number of carbonyl (C=O) groups excluding carboxylic acids is 4. The fourth-order valence-electron chi connectivity index (χ4n) is 3.41. The molecule has 0 atom stereocenters. The van der Waals surface area contributed by atoms with Crippen molar-refractivity contribution in [2.45, 2.75) is 13.5 Å². The molecule has 0 radical (unpaired) electrons. The number of rotatable bonds is 8. The fourth-order valence-corrected chi connectivity index (χ4v) is 3.41. The lowest BCUT2D eigenvalue weighted by Gasteiger charge is -2.12. The van der Waals surface area contributed by atoms with E-state index in [0.29, 0.717) is 23.5 Å². The third-order valence-electron chi connectivity index (χ3n) is 5.12. The Morgan fingerprint density at radius 1 is 1.00 bits per heavy atom. The Morgan fingerprint density at radius 3 is 2.50 bits per heavy atom. The zero-order valence-corrected chi connectivity index (χ0v) is 19.5. The van der Waals surface area contributed by atoms with Crippen LogP contribution in [-0.4, -0.2) is 42.5 Å². The van der Waals surface area contributed by atoms with E-state index in [-0.39, 0.29) is 29.5 Å². The van der Waals surface area contributed by atoms with Crippen molar-refractivity contribution in [3.8, 4) is 11.5 Å². The molecule has 2 heterocycles. The van der Waals surface area contributed by atoms with Crippen LogP contribution >= 0.6 is 0 Å². The summed E-state index contributed by atoms with van der Waals surface area (Å²) in [6.45, 7) is 1.93. The maximum Gasteiger partial charge on any atom is 0.373 e. The molecule has 4 rings (SSSR count). The zero-order chi connectivity index (χ0) is 25.7. The molecule has 1 aliphatic rings. The molecule has 1 saturated heterocycles. The average molecular weight is 490 g/mol. The number of furan rings is 1. The molecule has 10 nitrogen and oxygen atoms in total. The monoisotopic (exact) mass is 490 g/mol. The number of hydrogen-bond acceptors (Lipinski definition) is 8. The van der Waals surface area contributed by atoms with E-state index in [1.807, 2.05) is 0 Å². The van der Waals surface area contributed by atoms with E-state index in [9.17, 15) is 19.2 Å². The van der Waals surface area contributed by atoms with Gasteiger partial charge in [-0.3, -0.25) is 9.69 Å². The molecule has 0 aliphatic carbocycles. The third-order valence-corrected chi connectivity index (χ3v) is 5.12. The summed E-state index contributed by atoms with van der Waals surface area (Å²) in [5, 5.41) is 2.52. The molecule has 1 aliphatic heterocycles. The number of carbonyl (C=O) groups is 4. The lowest BCUT2D eigenvalue weighted by molar-refractivity contribution is -0.123. The summed E-state index contributed by atoms with van der Waals surface area (Å²) in [5.41, 5.74) is 0.964. The number of imide groups is 1. The zero-order valence-electron chi connectivity index (χ0n) is 19.5. The number of nitrogens with zero attached hydrogens (tertiary/aromatic N) is 1. The summed E-state index contributed by atoms with van der Waals surface area (Å²) >= 11 is 0. The Hall–Kier alpha value is -4.86. The molecule has 0 unspecified atom stereocenters. The highest BCUT2D eigenvalue weighted by molar-refractivity contribution is 6.13. The number of nitrogens with one attached hydrogen (secondary N) is 1. The molecule has 1 N–H and O–H groups in total. The van der Waals surface area contributed by atoms with E-state index in [1.54, 1.807) is 55.5 Å². The molecule has 184 valence electrons. The molecule has 2 aromatic carbocycles. The van der Waals surface area contributed by atoms with Crippen molar-refractivity contribution >= 4 is 30.0 Å². The second-order valence-electron chi connectivity index (χ2n) is 7.53. The van der Waals surface area contributed by atoms with Crippen LogP contribution in [0, 0.1) is 0 Å². The van der Waals surface area contributed by atoms with Gasteiger partial charge in [0.15, 0.2) is 11.5 Å². The summed E-state index contributed by atoms with van der Waals surface area (Å²) < 4.78 is 21.0. The molecule has 3 aromatic rings. The minimum Gasteiger partial charge on any atom is -0.490 e. The molecule has 0 saturated carbocycles. The minimum absolute atomic E-state index is 0.0353. The van der Waals surface area contributed by atoms with Crippen LogP contribution < -0.4 is 14.8 Å².